The zero-order valence-electron chi connectivity index (χ0n) is 16.8. The van der Waals surface area contributed by atoms with E-state index in [-0.39, 0.29) is 23.6 Å². The third-order valence-electron chi connectivity index (χ3n) is 4.19. The highest BCUT2D eigenvalue weighted by Gasteiger charge is 2.45. The number of nitrogens with zero attached hydrogens (tertiary/aromatic N) is 1. The molecule has 0 saturated carbocycles. The number of ether oxygens (including phenoxy) is 2. The fourth-order valence-corrected chi connectivity index (χ4v) is 3.00. The molecular formula is C19H24ClFN2O7. The number of carbonyl (C=O) groups is 3. The Bertz CT molecular complexity index is 830. The molecule has 1 aromatic carbocycles. The molecule has 2 rings (SSSR count). The van der Waals surface area contributed by atoms with E-state index in [1.807, 2.05) is 0 Å². The normalized spacial score (nSPS) is 21.7. The highest BCUT2D eigenvalue weighted by molar-refractivity contribution is 6.30. The number of β-amino-alcohol motifs (C(OH)–C–C–N with tert-alkyl or cyclic N) is 1. The number of hydrogen-bond acceptors (Lipinski definition) is 6. The molecule has 1 aliphatic heterocycles. The Labute approximate surface area is 177 Å². The zero-order chi connectivity index (χ0) is 22.7. The molecule has 0 bridgehead atoms. The molecule has 2 atom stereocenters. The van der Waals surface area contributed by atoms with E-state index < -0.39 is 54.3 Å². The smallest absolute Gasteiger partial charge is 0.411 e. The topological polar surface area (TPSA) is 125 Å². The molecule has 1 saturated heterocycles. The third-order valence-corrected chi connectivity index (χ3v) is 4.49. The maximum atomic E-state index is 13.4. The van der Waals surface area contributed by atoms with Crippen LogP contribution in [-0.4, -0.2) is 63.6 Å². The third kappa shape index (κ3) is 6.46. The summed E-state index contributed by atoms with van der Waals surface area (Å²) in [7, 11) is 0. The van der Waals surface area contributed by atoms with E-state index in [0.717, 1.165) is 11.0 Å². The lowest BCUT2D eigenvalue weighted by atomic mass is 9.95. The lowest BCUT2D eigenvalue weighted by molar-refractivity contribution is -0.152. The molecule has 1 aliphatic rings. The van der Waals surface area contributed by atoms with Crippen molar-refractivity contribution in [3.05, 3.63) is 29.0 Å². The van der Waals surface area contributed by atoms with E-state index in [1.165, 1.54) is 12.1 Å². The maximum Gasteiger partial charge on any atom is 0.411 e. The predicted molar refractivity (Wildman–Crippen MR) is 104 cm³/mol. The Morgan fingerprint density at radius 2 is 2.03 bits per heavy atom. The summed E-state index contributed by atoms with van der Waals surface area (Å²) in [6, 6.07) is 2.44. The van der Waals surface area contributed by atoms with Crippen LogP contribution >= 0.6 is 11.6 Å². The number of likely N-dealkylation sites (tertiary alicyclic amines) is 1. The van der Waals surface area contributed by atoms with Gasteiger partial charge in [-0.3, -0.25) is 9.69 Å². The molecule has 1 fully saturated rings. The summed E-state index contributed by atoms with van der Waals surface area (Å²) >= 11 is 5.58. The van der Waals surface area contributed by atoms with Crippen LogP contribution in [0.4, 0.5) is 9.18 Å². The predicted octanol–water partition coefficient (Wildman–Crippen LogP) is 2.15. The van der Waals surface area contributed by atoms with Crippen molar-refractivity contribution in [2.75, 3.05) is 13.2 Å². The van der Waals surface area contributed by atoms with Crippen molar-refractivity contribution in [3.8, 4) is 5.75 Å². The van der Waals surface area contributed by atoms with E-state index in [4.69, 9.17) is 21.1 Å². The van der Waals surface area contributed by atoms with Crippen LogP contribution in [0.1, 0.15) is 33.6 Å². The number of nitrogens with one attached hydrogen (secondary N) is 1. The number of halogens is 2. The highest BCUT2D eigenvalue weighted by Crippen LogP contribution is 2.26. The van der Waals surface area contributed by atoms with Crippen LogP contribution in [0.3, 0.4) is 0 Å². The van der Waals surface area contributed by atoms with Crippen LogP contribution in [0.2, 0.25) is 5.02 Å². The zero-order valence-corrected chi connectivity index (χ0v) is 17.5. The van der Waals surface area contributed by atoms with Gasteiger partial charge >= 0.3 is 12.1 Å². The van der Waals surface area contributed by atoms with E-state index in [2.05, 4.69) is 5.32 Å². The number of carboxylic acids is 1. The van der Waals surface area contributed by atoms with E-state index in [1.54, 1.807) is 20.8 Å². The first kappa shape index (κ1) is 23.7. The highest BCUT2D eigenvalue weighted by atomic mass is 35.5. The number of carboxylic acid groups (broad SMARTS) is 1. The minimum Gasteiger partial charge on any atom is -0.484 e. The fourth-order valence-electron chi connectivity index (χ4n) is 2.88. The summed E-state index contributed by atoms with van der Waals surface area (Å²) in [5.41, 5.74) is -2.75. The lowest BCUT2D eigenvalue weighted by Gasteiger charge is -2.42. The van der Waals surface area contributed by atoms with Gasteiger partial charge in [-0.15, -0.1) is 0 Å². The maximum absolute atomic E-state index is 13.4. The monoisotopic (exact) mass is 446 g/mol. The van der Waals surface area contributed by atoms with Gasteiger partial charge in [-0.2, -0.15) is 0 Å². The van der Waals surface area contributed by atoms with Gasteiger partial charge in [-0.05, 0) is 45.7 Å². The Morgan fingerprint density at radius 1 is 1.37 bits per heavy atom. The number of amides is 2. The summed E-state index contributed by atoms with van der Waals surface area (Å²) in [4.78, 5) is 37.0. The number of carbonyl (C=O) groups excluding carboxylic acids is 2. The lowest BCUT2D eigenvalue weighted by Crippen LogP contribution is -2.64. The first-order valence-electron chi connectivity index (χ1n) is 9.13. The van der Waals surface area contributed by atoms with Crippen molar-refractivity contribution >= 4 is 29.6 Å². The van der Waals surface area contributed by atoms with E-state index in [9.17, 15) is 29.0 Å². The minimum atomic E-state index is -1.88. The number of benzene rings is 1. The molecule has 0 spiro atoms. The number of hydrogen-bond donors (Lipinski definition) is 3. The first-order valence-corrected chi connectivity index (χ1v) is 9.51. The average molecular weight is 447 g/mol. The molecule has 0 aliphatic carbocycles. The fraction of sp³-hybridized carbons (Fsp3) is 0.526. The molecule has 0 radical (unpaired) electrons. The summed E-state index contributed by atoms with van der Waals surface area (Å²) < 4.78 is 23.8. The van der Waals surface area contributed by atoms with Gasteiger partial charge in [-0.25, -0.2) is 14.0 Å². The van der Waals surface area contributed by atoms with Gasteiger partial charge in [0.2, 0.25) is 0 Å². The first-order chi connectivity index (χ1) is 13.8. The van der Waals surface area contributed by atoms with Crippen molar-refractivity contribution in [3.63, 3.8) is 0 Å². The van der Waals surface area contributed by atoms with Gasteiger partial charge in [-0.1, -0.05) is 11.6 Å². The largest absolute Gasteiger partial charge is 0.484 e. The summed E-state index contributed by atoms with van der Waals surface area (Å²) in [5, 5.41) is 22.3. The Hall–Kier alpha value is -2.59. The number of aliphatic hydroxyl groups is 1. The SMILES string of the molecule is CC(C)(C)OC(=O)N1CC(O)(NC(=O)COc2ccc(Cl)c(F)c2)CC[C@@H]1C(=O)O. The van der Waals surface area contributed by atoms with E-state index >= 15 is 0 Å². The summed E-state index contributed by atoms with van der Waals surface area (Å²) in [6.07, 6.45) is -1.13. The van der Waals surface area contributed by atoms with Crippen molar-refractivity contribution < 1.29 is 38.5 Å². The van der Waals surface area contributed by atoms with Gasteiger partial charge in [0, 0.05) is 6.07 Å². The van der Waals surface area contributed by atoms with Crippen LogP contribution in [0.5, 0.6) is 5.75 Å². The van der Waals surface area contributed by atoms with E-state index in [0.29, 0.717) is 0 Å². The molecule has 1 aromatic rings. The molecule has 1 heterocycles. The number of aliphatic carboxylic acids is 1. The molecule has 166 valence electrons. The van der Waals surface area contributed by atoms with Crippen LogP contribution in [0, 0.1) is 5.82 Å². The molecule has 30 heavy (non-hydrogen) atoms. The molecule has 1 unspecified atom stereocenters. The summed E-state index contributed by atoms with van der Waals surface area (Å²) in [5.74, 6) is -2.65. The second kappa shape index (κ2) is 9.05. The molecule has 3 N–H and O–H groups in total. The van der Waals surface area contributed by atoms with Crippen molar-refractivity contribution in [2.24, 2.45) is 0 Å². The molecular weight excluding hydrogens is 423 g/mol. The van der Waals surface area contributed by atoms with Gasteiger partial charge < -0.3 is 25.0 Å². The Morgan fingerprint density at radius 3 is 2.60 bits per heavy atom. The van der Waals surface area contributed by atoms with Crippen molar-refractivity contribution in [1.82, 2.24) is 10.2 Å². The van der Waals surface area contributed by atoms with Crippen molar-refractivity contribution in [2.45, 2.75) is 51.0 Å². The van der Waals surface area contributed by atoms with Crippen LogP contribution < -0.4 is 10.1 Å². The average Bonchev–Trinajstić information content (AvgIpc) is 2.60. The Kier molecular flexibility index (Phi) is 7.14. The van der Waals surface area contributed by atoms with Crippen LogP contribution in [0.15, 0.2) is 18.2 Å². The quantitative estimate of drug-likeness (QED) is 0.591. The second-order valence-electron chi connectivity index (χ2n) is 7.95. The van der Waals surface area contributed by atoms with Gasteiger partial charge in [0.25, 0.3) is 5.91 Å². The van der Waals surface area contributed by atoms with Crippen LogP contribution in [-0.2, 0) is 14.3 Å². The molecule has 0 aromatic heterocycles. The number of rotatable bonds is 5. The van der Waals surface area contributed by atoms with Gasteiger partial charge in [0.15, 0.2) is 12.3 Å². The van der Waals surface area contributed by atoms with Gasteiger partial charge in [0.05, 0.1) is 11.6 Å². The number of piperidine rings is 1. The molecule has 2 amide bonds. The molecule has 9 nitrogen and oxygen atoms in total. The standard InChI is InChI=1S/C19H24ClFN2O7/c1-18(2,3)30-17(27)23-10-19(28,7-6-14(23)16(25)26)22-15(24)9-29-11-4-5-12(20)13(21)8-11/h4-5,8,14,28H,6-7,9-10H2,1-3H3,(H,22,24)(H,25,26)/t14-,19?/m1/s1. The van der Waals surface area contributed by atoms with Crippen LogP contribution in [0.25, 0.3) is 0 Å². The molecule has 11 heteroatoms. The second-order valence-corrected chi connectivity index (χ2v) is 8.35. The van der Waals surface area contributed by atoms with Crippen molar-refractivity contribution in [1.29, 1.82) is 0 Å². The minimum absolute atomic E-state index is 0.0593. The Balaban J connectivity index is 2.03. The summed E-state index contributed by atoms with van der Waals surface area (Å²) in [6.45, 7) is 3.83. The van der Waals surface area contributed by atoms with Gasteiger partial charge in [0.1, 0.15) is 23.2 Å².